The van der Waals surface area contributed by atoms with Gasteiger partial charge in [-0.05, 0) is 54.0 Å². The van der Waals surface area contributed by atoms with Gasteiger partial charge in [-0.1, -0.05) is 0 Å². The van der Waals surface area contributed by atoms with Crippen LogP contribution in [0, 0.1) is 13.8 Å². The number of anilines is 2. The third-order valence-corrected chi connectivity index (χ3v) is 7.27. The minimum Gasteiger partial charge on any atom is -0.326 e. The molecule has 3 rings (SSSR count). The molecule has 0 unspecified atom stereocenters. The number of rotatable bonds is 7. The van der Waals surface area contributed by atoms with Gasteiger partial charge in [-0.25, -0.2) is 13.4 Å². The number of hydrogen-bond donors (Lipinski definition) is 2. The van der Waals surface area contributed by atoms with Gasteiger partial charge in [0.2, 0.25) is 5.91 Å². The molecule has 0 aliphatic rings. The number of hydrogen-bond acceptors (Lipinski definition) is 6. The van der Waals surface area contributed by atoms with Crippen LogP contribution in [0.2, 0.25) is 0 Å². The fraction of sp³-hybridized carbons (Fsp3) is 0.235. The predicted molar refractivity (Wildman–Crippen MR) is 112 cm³/mol. The largest absolute Gasteiger partial charge is 0.326 e. The van der Waals surface area contributed by atoms with Crippen LogP contribution >= 0.6 is 27.3 Å². The normalized spacial score (nSPS) is 11.4. The molecular weight excluding hydrogens is 466 g/mol. The summed E-state index contributed by atoms with van der Waals surface area (Å²) < 4.78 is 29.7. The molecule has 0 bridgehead atoms. The average molecular weight is 484 g/mol. The number of nitrogens with zero attached hydrogens (tertiary/aromatic N) is 3. The summed E-state index contributed by atoms with van der Waals surface area (Å²) in [5.74, 6) is -0.180. The summed E-state index contributed by atoms with van der Waals surface area (Å²) in [6.07, 6.45) is 1.77. The number of benzene rings is 1. The second-order valence-corrected chi connectivity index (χ2v) is 9.34. The second-order valence-electron chi connectivity index (χ2n) is 5.97. The standard InChI is InChI=1S/C17H18BrN5O3S2/c1-11-16(18)12(2)23(21-11)9-7-15(24)20-13-3-5-14(6-4-13)28(25,26)22-17-19-8-10-27-17/h3-6,8,10H,7,9H2,1-2H3,(H,19,22)(H,20,24). The Bertz CT molecular complexity index is 1080. The third kappa shape index (κ3) is 4.78. The van der Waals surface area contributed by atoms with Crippen molar-refractivity contribution in [3.05, 3.63) is 51.7 Å². The minimum absolute atomic E-state index is 0.0909. The molecule has 0 spiro atoms. The zero-order valence-corrected chi connectivity index (χ0v) is 18.4. The molecule has 0 radical (unpaired) electrons. The molecule has 2 aromatic heterocycles. The molecule has 8 nitrogen and oxygen atoms in total. The van der Waals surface area contributed by atoms with Gasteiger partial charge in [0.25, 0.3) is 10.0 Å². The van der Waals surface area contributed by atoms with Crippen molar-refractivity contribution >= 4 is 54.0 Å². The van der Waals surface area contributed by atoms with Gasteiger partial charge in [-0.15, -0.1) is 11.3 Å². The molecule has 0 saturated carbocycles. The highest BCUT2D eigenvalue weighted by Crippen LogP contribution is 2.21. The molecule has 0 atom stereocenters. The van der Waals surface area contributed by atoms with Crippen molar-refractivity contribution in [3.8, 4) is 0 Å². The first-order valence-electron chi connectivity index (χ1n) is 8.28. The molecule has 28 heavy (non-hydrogen) atoms. The predicted octanol–water partition coefficient (Wildman–Crippen LogP) is 3.55. The van der Waals surface area contributed by atoms with Crippen molar-refractivity contribution in [1.82, 2.24) is 14.8 Å². The van der Waals surface area contributed by atoms with Crippen LogP contribution in [0.3, 0.4) is 0 Å². The highest BCUT2D eigenvalue weighted by Gasteiger charge is 2.16. The topological polar surface area (TPSA) is 106 Å². The van der Waals surface area contributed by atoms with Crippen LogP contribution in [-0.4, -0.2) is 29.1 Å². The van der Waals surface area contributed by atoms with E-state index in [1.54, 1.807) is 22.2 Å². The van der Waals surface area contributed by atoms with Crippen molar-refractivity contribution in [2.75, 3.05) is 10.0 Å². The van der Waals surface area contributed by atoms with Gasteiger partial charge in [0.15, 0.2) is 5.13 Å². The summed E-state index contributed by atoms with van der Waals surface area (Å²) in [5, 5.41) is 9.11. The summed E-state index contributed by atoms with van der Waals surface area (Å²) in [4.78, 5) is 16.2. The Balaban J connectivity index is 1.59. The van der Waals surface area contributed by atoms with E-state index in [9.17, 15) is 13.2 Å². The number of sulfonamides is 1. The summed E-state index contributed by atoms with van der Waals surface area (Å²) in [7, 11) is -3.71. The number of halogens is 1. The highest BCUT2D eigenvalue weighted by atomic mass is 79.9. The number of aryl methyl sites for hydroxylation is 2. The smallest absolute Gasteiger partial charge is 0.263 e. The lowest BCUT2D eigenvalue weighted by Crippen LogP contribution is -2.16. The monoisotopic (exact) mass is 483 g/mol. The molecule has 0 saturated heterocycles. The minimum atomic E-state index is -3.71. The lowest BCUT2D eigenvalue weighted by molar-refractivity contribution is -0.116. The number of nitrogens with one attached hydrogen (secondary N) is 2. The van der Waals surface area contributed by atoms with Gasteiger partial charge < -0.3 is 5.32 Å². The van der Waals surface area contributed by atoms with Crippen molar-refractivity contribution in [2.45, 2.75) is 31.7 Å². The number of amides is 1. The van der Waals surface area contributed by atoms with Gasteiger partial charge in [-0.3, -0.25) is 14.2 Å². The lowest BCUT2D eigenvalue weighted by Gasteiger charge is -2.08. The number of aromatic nitrogens is 3. The zero-order valence-electron chi connectivity index (χ0n) is 15.1. The molecule has 0 fully saturated rings. The first-order valence-corrected chi connectivity index (χ1v) is 11.4. The van der Waals surface area contributed by atoms with Gasteiger partial charge in [0, 0.05) is 29.4 Å². The van der Waals surface area contributed by atoms with Crippen LogP contribution in [0.5, 0.6) is 0 Å². The Labute approximate surface area is 175 Å². The fourth-order valence-corrected chi connectivity index (χ4v) is 4.56. The Morgan fingerprint density at radius 3 is 2.54 bits per heavy atom. The van der Waals surface area contributed by atoms with E-state index in [2.05, 4.69) is 36.1 Å². The van der Waals surface area contributed by atoms with Gasteiger partial charge >= 0.3 is 0 Å². The van der Waals surface area contributed by atoms with Crippen LogP contribution in [-0.2, 0) is 21.4 Å². The van der Waals surface area contributed by atoms with Gasteiger partial charge in [-0.2, -0.15) is 5.10 Å². The van der Waals surface area contributed by atoms with E-state index in [1.807, 2.05) is 13.8 Å². The maximum Gasteiger partial charge on any atom is 0.263 e. The lowest BCUT2D eigenvalue weighted by atomic mass is 10.3. The second kappa shape index (κ2) is 8.41. The van der Waals surface area contributed by atoms with Gasteiger partial charge in [0.05, 0.1) is 21.6 Å². The van der Waals surface area contributed by atoms with Crippen LogP contribution in [0.1, 0.15) is 17.8 Å². The molecule has 148 valence electrons. The van der Waals surface area contributed by atoms with Crippen molar-refractivity contribution < 1.29 is 13.2 Å². The van der Waals surface area contributed by atoms with E-state index in [0.29, 0.717) is 17.4 Å². The van der Waals surface area contributed by atoms with Crippen molar-refractivity contribution in [2.24, 2.45) is 0 Å². The molecule has 0 aliphatic carbocycles. The van der Waals surface area contributed by atoms with E-state index < -0.39 is 10.0 Å². The zero-order chi connectivity index (χ0) is 20.3. The van der Waals surface area contributed by atoms with Crippen LogP contribution in [0.15, 0.2) is 45.2 Å². The summed E-state index contributed by atoms with van der Waals surface area (Å²) >= 11 is 4.66. The molecule has 2 N–H and O–H groups in total. The quantitative estimate of drug-likeness (QED) is 0.534. The van der Waals surface area contributed by atoms with E-state index in [0.717, 1.165) is 15.9 Å². The maximum atomic E-state index is 12.3. The number of carbonyl (C=O) groups is 1. The molecule has 11 heteroatoms. The first kappa shape index (κ1) is 20.5. The highest BCUT2D eigenvalue weighted by molar-refractivity contribution is 9.10. The molecule has 0 aliphatic heterocycles. The third-order valence-electron chi connectivity index (χ3n) is 3.95. The van der Waals surface area contributed by atoms with Crippen LogP contribution in [0.4, 0.5) is 10.8 Å². The molecular formula is C17H18BrN5O3S2. The fourth-order valence-electron chi connectivity index (χ4n) is 2.49. The molecule has 2 heterocycles. The molecule has 1 aromatic carbocycles. The maximum absolute atomic E-state index is 12.3. The Hall–Kier alpha value is -2.24. The number of thiazole rings is 1. The van der Waals surface area contributed by atoms with Crippen molar-refractivity contribution in [3.63, 3.8) is 0 Å². The average Bonchev–Trinajstić information content (AvgIpc) is 3.24. The summed E-state index contributed by atoms with van der Waals surface area (Å²) in [5.41, 5.74) is 2.36. The van der Waals surface area contributed by atoms with Crippen molar-refractivity contribution in [1.29, 1.82) is 0 Å². The van der Waals surface area contributed by atoms with E-state index in [1.165, 1.54) is 29.7 Å². The summed E-state index contributed by atoms with van der Waals surface area (Å²) in [6, 6.07) is 5.97. The Kier molecular flexibility index (Phi) is 6.16. The van der Waals surface area contributed by atoms with E-state index in [-0.39, 0.29) is 17.2 Å². The van der Waals surface area contributed by atoms with Gasteiger partial charge in [0.1, 0.15) is 0 Å². The van der Waals surface area contributed by atoms with Crippen LogP contribution < -0.4 is 10.0 Å². The first-order chi connectivity index (χ1) is 13.3. The Morgan fingerprint density at radius 2 is 1.96 bits per heavy atom. The molecule has 3 aromatic rings. The Morgan fingerprint density at radius 1 is 1.25 bits per heavy atom. The summed E-state index contributed by atoms with van der Waals surface area (Å²) in [6.45, 7) is 4.28. The molecule has 1 amide bonds. The van der Waals surface area contributed by atoms with Crippen LogP contribution in [0.25, 0.3) is 0 Å². The SMILES string of the molecule is Cc1nn(CCC(=O)Nc2ccc(S(=O)(=O)Nc3nccs3)cc2)c(C)c1Br. The van der Waals surface area contributed by atoms with E-state index >= 15 is 0 Å². The number of carbonyl (C=O) groups excluding carboxylic acids is 1. The van der Waals surface area contributed by atoms with E-state index in [4.69, 9.17) is 0 Å².